The number of rotatable bonds is 11. The molecule has 2 aromatic rings. The van der Waals surface area contributed by atoms with Crippen LogP contribution in [0.2, 0.25) is 0 Å². The summed E-state index contributed by atoms with van der Waals surface area (Å²) in [7, 11) is 0. The molecule has 9 heteroatoms. The van der Waals surface area contributed by atoms with E-state index in [-0.39, 0.29) is 31.4 Å². The quantitative estimate of drug-likeness (QED) is 0.252. The zero-order valence-electron chi connectivity index (χ0n) is 19.8. The number of esters is 1. The van der Waals surface area contributed by atoms with Crippen LogP contribution in [0.5, 0.6) is 5.75 Å². The second kappa shape index (κ2) is 13.9. The number of aliphatic hydroxyl groups excluding tert-OH is 1. The summed E-state index contributed by atoms with van der Waals surface area (Å²) in [6.45, 7) is 5.62. The highest BCUT2D eigenvalue weighted by atomic mass is 19.1. The Morgan fingerprint density at radius 1 is 1.14 bits per heavy atom. The average molecular weight is 490 g/mol. The summed E-state index contributed by atoms with van der Waals surface area (Å²) in [5.41, 5.74) is 1.20. The summed E-state index contributed by atoms with van der Waals surface area (Å²) in [4.78, 5) is 24.1. The molecule has 0 heterocycles. The monoisotopic (exact) mass is 489 g/mol. The Labute approximate surface area is 203 Å². The molecule has 2 atom stereocenters. The zero-order chi connectivity index (χ0) is 25.8. The number of anilines is 1. The Kier molecular flexibility index (Phi) is 10.9. The van der Waals surface area contributed by atoms with Gasteiger partial charge in [0.25, 0.3) is 0 Å². The molecule has 35 heavy (non-hydrogen) atoms. The number of benzene rings is 2. The molecule has 188 valence electrons. The van der Waals surface area contributed by atoms with Gasteiger partial charge in [-0.25, -0.2) is 18.4 Å². The van der Waals surface area contributed by atoms with Crippen molar-refractivity contribution in [2.75, 3.05) is 25.1 Å². The third-order valence-electron chi connectivity index (χ3n) is 5.02. The minimum Gasteiger partial charge on any atom is -0.491 e. The van der Waals surface area contributed by atoms with Gasteiger partial charge in [-0.1, -0.05) is 36.8 Å². The second-order valence-electron chi connectivity index (χ2n) is 7.53. The van der Waals surface area contributed by atoms with Crippen molar-refractivity contribution in [3.63, 3.8) is 0 Å². The maximum atomic E-state index is 14.0. The summed E-state index contributed by atoms with van der Waals surface area (Å²) < 4.78 is 43.0. The normalized spacial score (nSPS) is 13.3. The number of ether oxygens (including phenoxy) is 3. The summed E-state index contributed by atoms with van der Waals surface area (Å²) in [6.07, 6.45) is 2.81. The molecule has 0 aliphatic rings. The molecule has 0 bridgehead atoms. The van der Waals surface area contributed by atoms with Crippen molar-refractivity contribution in [2.45, 2.75) is 26.9 Å². The van der Waals surface area contributed by atoms with Crippen molar-refractivity contribution in [3.05, 3.63) is 83.5 Å². The van der Waals surface area contributed by atoms with E-state index < -0.39 is 29.8 Å². The number of aliphatic hydroxyl groups is 1. The predicted octanol–water partition coefficient (Wildman–Crippen LogP) is 5.33. The summed E-state index contributed by atoms with van der Waals surface area (Å²) in [5.74, 6) is -2.01. The number of hydrogen-bond acceptors (Lipinski definition) is 6. The van der Waals surface area contributed by atoms with E-state index in [1.165, 1.54) is 6.08 Å². The lowest BCUT2D eigenvalue weighted by Crippen LogP contribution is -2.23. The number of halogens is 2. The highest BCUT2D eigenvalue weighted by molar-refractivity contribution is 5.85. The van der Waals surface area contributed by atoms with E-state index >= 15 is 0 Å². The van der Waals surface area contributed by atoms with Gasteiger partial charge in [0.2, 0.25) is 0 Å². The Hall–Kier alpha value is -3.72. The molecule has 0 aliphatic carbocycles. The Morgan fingerprint density at radius 2 is 1.86 bits per heavy atom. The predicted molar refractivity (Wildman–Crippen MR) is 127 cm³/mol. The number of allylic oxidation sites excluding steroid dienone is 2. The summed E-state index contributed by atoms with van der Waals surface area (Å²) in [5, 5.41) is 11.2. The Bertz CT molecular complexity index is 1050. The fourth-order valence-corrected chi connectivity index (χ4v) is 3.08. The lowest BCUT2D eigenvalue weighted by Gasteiger charge is -2.26. The molecule has 0 saturated heterocycles. The first kappa shape index (κ1) is 27.5. The minimum absolute atomic E-state index is 0.131. The van der Waals surface area contributed by atoms with Crippen LogP contribution >= 0.6 is 0 Å². The van der Waals surface area contributed by atoms with E-state index in [0.717, 1.165) is 17.7 Å². The van der Waals surface area contributed by atoms with E-state index in [2.05, 4.69) is 5.32 Å². The first-order valence-electron chi connectivity index (χ1n) is 11.0. The zero-order valence-corrected chi connectivity index (χ0v) is 19.8. The van der Waals surface area contributed by atoms with Gasteiger partial charge in [-0.2, -0.15) is 0 Å². The van der Waals surface area contributed by atoms with E-state index in [4.69, 9.17) is 19.3 Å². The summed E-state index contributed by atoms with van der Waals surface area (Å²) >= 11 is 0. The van der Waals surface area contributed by atoms with E-state index in [1.807, 2.05) is 13.8 Å². The van der Waals surface area contributed by atoms with Crippen LogP contribution in [0.4, 0.5) is 19.3 Å². The molecular formula is C26H29F2NO6. The fraction of sp³-hybridized carbons (Fsp3) is 0.308. The SMILES string of the molecule is CCOC(=O)/C=C/C=C(\C)[C@H](C)[C@H](OC(=O)Nc1ccc(F)cc1F)c1ccc(OCCO)cc1. The summed E-state index contributed by atoms with van der Waals surface area (Å²) in [6, 6.07) is 9.54. The molecule has 1 amide bonds. The van der Waals surface area contributed by atoms with Crippen molar-refractivity contribution < 1.29 is 37.7 Å². The number of carbonyl (C=O) groups is 2. The lowest BCUT2D eigenvalue weighted by atomic mass is 9.91. The van der Waals surface area contributed by atoms with Gasteiger partial charge in [0.15, 0.2) is 0 Å². The molecule has 0 aromatic heterocycles. The van der Waals surface area contributed by atoms with Gasteiger partial charge >= 0.3 is 12.1 Å². The molecule has 0 spiro atoms. The van der Waals surface area contributed by atoms with Crippen molar-refractivity contribution in [1.82, 2.24) is 0 Å². The Balaban J connectivity index is 2.25. The van der Waals surface area contributed by atoms with Gasteiger partial charge in [0.05, 0.1) is 18.9 Å². The molecule has 0 unspecified atom stereocenters. The van der Waals surface area contributed by atoms with Crippen LogP contribution in [0.1, 0.15) is 32.4 Å². The smallest absolute Gasteiger partial charge is 0.412 e. The molecule has 0 radical (unpaired) electrons. The van der Waals surface area contributed by atoms with Crippen molar-refractivity contribution in [3.8, 4) is 5.75 Å². The van der Waals surface area contributed by atoms with Crippen LogP contribution in [-0.2, 0) is 14.3 Å². The first-order valence-corrected chi connectivity index (χ1v) is 11.0. The molecule has 2 rings (SSSR count). The molecule has 2 aromatic carbocycles. The standard InChI is InChI=1S/C26H29F2NO6/c1-4-33-24(31)7-5-6-17(2)18(3)25(19-8-11-21(12-9-19)34-15-14-30)35-26(32)29-23-13-10-20(27)16-22(23)28/h5-13,16,18,25,30H,4,14-15H2,1-3H3,(H,29,32)/b7-5+,17-6+/t18-,25-/m0/s1. The number of amides is 1. The number of nitrogens with one attached hydrogen (secondary N) is 1. The van der Waals surface area contributed by atoms with Crippen molar-refractivity contribution in [2.24, 2.45) is 5.92 Å². The van der Waals surface area contributed by atoms with Crippen LogP contribution in [0, 0.1) is 17.6 Å². The van der Waals surface area contributed by atoms with Gasteiger partial charge in [-0.3, -0.25) is 5.32 Å². The third kappa shape index (κ3) is 8.86. The topological polar surface area (TPSA) is 94.1 Å². The average Bonchev–Trinajstić information content (AvgIpc) is 2.83. The molecule has 0 fully saturated rings. The van der Waals surface area contributed by atoms with Crippen LogP contribution in [0.3, 0.4) is 0 Å². The maximum absolute atomic E-state index is 14.0. The minimum atomic E-state index is -0.933. The van der Waals surface area contributed by atoms with Crippen LogP contribution in [-0.4, -0.2) is 37.0 Å². The Morgan fingerprint density at radius 3 is 2.49 bits per heavy atom. The largest absolute Gasteiger partial charge is 0.491 e. The van der Waals surface area contributed by atoms with Crippen LogP contribution in [0.15, 0.2) is 66.3 Å². The van der Waals surface area contributed by atoms with Gasteiger partial charge in [0, 0.05) is 18.1 Å². The van der Waals surface area contributed by atoms with Gasteiger partial charge in [-0.05, 0) is 43.7 Å². The molecule has 0 aliphatic heterocycles. The molecule has 7 nitrogen and oxygen atoms in total. The third-order valence-corrected chi connectivity index (χ3v) is 5.02. The van der Waals surface area contributed by atoms with E-state index in [0.29, 0.717) is 17.4 Å². The van der Waals surface area contributed by atoms with E-state index in [9.17, 15) is 18.4 Å². The van der Waals surface area contributed by atoms with Crippen LogP contribution < -0.4 is 10.1 Å². The first-order chi connectivity index (χ1) is 16.7. The second-order valence-corrected chi connectivity index (χ2v) is 7.53. The molecule has 0 saturated carbocycles. The van der Waals surface area contributed by atoms with Gasteiger partial charge in [-0.15, -0.1) is 0 Å². The van der Waals surface area contributed by atoms with Crippen LogP contribution in [0.25, 0.3) is 0 Å². The highest BCUT2D eigenvalue weighted by Crippen LogP contribution is 2.33. The van der Waals surface area contributed by atoms with Gasteiger partial charge < -0.3 is 19.3 Å². The van der Waals surface area contributed by atoms with E-state index in [1.54, 1.807) is 43.3 Å². The maximum Gasteiger partial charge on any atom is 0.412 e. The van der Waals surface area contributed by atoms with Gasteiger partial charge in [0.1, 0.15) is 30.1 Å². The number of carbonyl (C=O) groups excluding carboxylic acids is 2. The van der Waals surface area contributed by atoms with Crippen molar-refractivity contribution >= 4 is 17.7 Å². The highest BCUT2D eigenvalue weighted by Gasteiger charge is 2.25. The van der Waals surface area contributed by atoms with Crippen molar-refractivity contribution in [1.29, 1.82) is 0 Å². The molecule has 2 N–H and O–H groups in total. The number of hydrogen-bond donors (Lipinski definition) is 2. The molecular weight excluding hydrogens is 460 g/mol. The fourth-order valence-electron chi connectivity index (χ4n) is 3.08. The lowest BCUT2D eigenvalue weighted by molar-refractivity contribution is -0.137.